The topological polar surface area (TPSA) is 80.1 Å². The molecule has 7 nitrogen and oxygen atoms in total. The predicted octanol–water partition coefficient (Wildman–Crippen LogP) is 4.71. The van der Waals surface area contributed by atoms with Gasteiger partial charge in [0.05, 0.1) is 18.4 Å². The molecule has 0 bridgehead atoms. The van der Waals surface area contributed by atoms with E-state index in [1.54, 1.807) is 22.6 Å². The minimum Gasteiger partial charge on any atom is -0.373 e. The number of alkyl halides is 2. The second-order valence-electron chi connectivity index (χ2n) is 7.39. The molecule has 0 amide bonds. The monoisotopic (exact) mass is 430 g/mol. The maximum atomic E-state index is 15.2. The number of benzene rings is 1. The van der Waals surface area contributed by atoms with Crippen LogP contribution < -0.4 is 5.32 Å². The Morgan fingerprint density at radius 3 is 2.52 bits per heavy atom. The van der Waals surface area contributed by atoms with Gasteiger partial charge in [0.15, 0.2) is 5.82 Å². The third-order valence-corrected chi connectivity index (χ3v) is 4.58. The van der Waals surface area contributed by atoms with Gasteiger partial charge in [-0.1, -0.05) is 0 Å². The summed E-state index contributed by atoms with van der Waals surface area (Å²) in [4.78, 5) is 8.21. The molecule has 0 saturated carbocycles. The van der Waals surface area contributed by atoms with Crippen molar-refractivity contribution in [3.63, 3.8) is 0 Å². The number of hydrogen-bond acceptors (Lipinski definition) is 5. The summed E-state index contributed by atoms with van der Waals surface area (Å²) in [6, 6.07) is 9.08. The number of aromatic nitrogens is 5. The summed E-state index contributed by atoms with van der Waals surface area (Å²) in [5.41, 5.74) is 1.34. The van der Waals surface area contributed by atoms with Crippen LogP contribution in [0.4, 0.5) is 24.9 Å². The number of aryl methyl sites for hydroxylation is 1. The highest BCUT2D eigenvalue weighted by Crippen LogP contribution is 2.35. The van der Waals surface area contributed by atoms with Crippen molar-refractivity contribution in [1.29, 1.82) is 0 Å². The van der Waals surface area contributed by atoms with Gasteiger partial charge in [-0.15, -0.1) is 0 Å². The fourth-order valence-electron chi connectivity index (χ4n) is 3.06. The maximum absolute atomic E-state index is 15.2. The highest BCUT2D eigenvalue weighted by molar-refractivity contribution is 5.56. The molecule has 0 saturated heterocycles. The van der Waals surface area contributed by atoms with E-state index >= 15 is 8.78 Å². The number of hydrogen-bond donors (Lipinski definition) is 2. The van der Waals surface area contributed by atoms with E-state index in [-0.39, 0.29) is 24.3 Å². The van der Waals surface area contributed by atoms with E-state index in [1.165, 1.54) is 0 Å². The molecule has 162 valence electrons. The SMILES string of the molecule is Cc1cc(Nc2nc(C(F)(F)c3ccc(F)cc3)nc3ccc(COC(C)C)n23)n[nH]1. The number of rotatable bonds is 7. The Kier molecular flexibility index (Phi) is 5.40. The molecular formula is C21H21F3N6O. The number of aromatic amines is 1. The summed E-state index contributed by atoms with van der Waals surface area (Å²) in [6.07, 6.45) is -0.0149. The van der Waals surface area contributed by atoms with Gasteiger partial charge < -0.3 is 10.1 Å². The lowest BCUT2D eigenvalue weighted by Gasteiger charge is -2.18. The lowest BCUT2D eigenvalue weighted by molar-refractivity contribution is 0.0329. The van der Waals surface area contributed by atoms with Gasteiger partial charge in [0.25, 0.3) is 0 Å². The molecule has 0 atom stereocenters. The van der Waals surface area contributed by atoms with E-state index in [0.717, 1.165) is 30.0 Å². The van der Waals surface area contributed by atoms with E-state index in [0.29, 0.717) is 11.5 Å². The number of anilines is 2. The molecule has 3 heterocycles. The van der Waals surface area contributed by atoms with Crippen LogP contribution in [0.3, 0.4) is 0 Å². The summed E-state index contributed by atoms with van der Waals surface area (Å²) in [7, 11) is 0. The normalized spacial score (nSPS) is 12.1. The zero-order valence-corrected chi connectivity index (χ0v) is 17.2. The van der Waals surface area contributed by atoms with E-state index < -0.39 is 23.1 Å². The Morgan fingerprint density at radius 1 is 1.13 bits per heavy atom. The van der Waals surface area contributed by atoms with Crippen molar-refractivity contribution in [2.24, 2.45) is 0 Å². The third-order valence-electron chi connectivity index (χ3n) is 4.58. The van der Waals surface area contributed by atoms with Gasteiger partial charge in [-0.05, 0) is 57.2 Å². The van der Waals surface area contributed by atoms with E-state index in [4.69, 9.17) is 4.74 Å². The molecule has 0 fully saturated rings. The zero-order valence-electron chi connectivity index (χ0n) is 17.2. The van der Waals surface area contributed by atoms with E-state index in [1.807, 2.05) is 20.8 Å². The average molecular weight is 430 g/mol. The fraction of sp³-hybridized carbons (Fsp3) is 0.286. The first-order chi connectivity index (χ1) is 14.7. The van der Waals surface area contributed by atoms with Crippen LogP contribution in [0.1, 0.15) is 36.6 Å². The summed E-state index contributed by atoms with van der Waals surface area (Å²) < 4.78 is 50.9. The highest BCUT2D eigenvalue weighted by atomic mass is 19.3. The smallest absolute Gasteiger partial charge is 0.331 e. The van der Waals surface area contributed by atoms with Crippen molar-refractivity contribution in [1.82, 2.24) is 24.6 Å². The molecule has 4 rings (SSSR count). The summed E-state index contributed by atoms with van der Waals surface area (Å²) >= 11 is 0. The summed E-state index contributed by atoms with van der Waals surface area (Å²) in [5, 5.41) is 9.86. The third kappa shape index (κ3) is 4.24. The van der Waals surface area contributed by atoms with Crippen LogP contribution in [-0.2, 0) is 17.3 Å². The number of H-pyrrole nitrogens is 1. The Hall–Kier alpha value is -3.40. The summed E-state index contributed by atoms with van der Waals surface area (Å²) in [5.74, 6) is -4.32. The minimum absolute atomic E-state index is 0.0149. The Morgan fingerprint density at radius 2 is 1.87 bits per heavy atom. The van der Waals surface area contributed by atoms with Crippen molar-refractivity contribution in [2.45, 2.75) is 39.4 Å². The summed E-state index contributed by atoms with van der Waals surface area (Å²) in [6.45, 7) is 5.87. The van der Waals surface area contributed by atoms with Crippen molar-refractivity contribution in [3.8, 4) is 0 Å². The number of nitrogens with one attached hydrogen (secondary N) is 2. The molecular weight excluding hydrogens is 409 g/mol. The van der Waals surface area contributed by atoms with Crippen LogP contribution >= 0.6 is 0 Å². The maximum Gasteiger partial charge on any atom is 0.331 e. The quantitative estimate of drug-likeness (QED) is 0.444. The van der Waals surface area contributed by atoms with Crippen LogP contribution in [0.5, 0.6) is 0 Å². The Balaban J connectivity index is 1.83. The lowest BCUT2D eigenvalue weighted by Crippen LogP contribution is -2.21. The van der Waals surface area contributed by atoms with Crippen molar-refractivity contribution >= 4 is 17.4 Å². The molecule has 0 aliphatic heterocycles. The second-order valence-corrected chi connectivity index (χ2v) is 7.39. The van der Waals surface area contributed by atoms with Gasteiger partial charge in [0.2, 0.25) is 11.8 Å². The van der Waals surface area contributed by atoms with Crippen molar-refractivity contribution in [2.75, 3.05) is 5.32 Å². The van der Waals surface area contributed by atoms with Gasteiger partial charge in [0, 0.05) is 17.3 Å². The van der Waals surface area contributed by atoms with Crippen LogP contribution in [0.15, 0.2) is 42.5 Å². The molecule has 2 N–H and O–H groups in total. The molecule has 4 aromatic rings. The molecule has 0 aliphatic carbocycles. The van der Waals surface area contributed by atoms with Crippen LogP contribution in [-0.4, -0.2) is 30.7 Å². The van der Waals surface area contributed by atoms with Gasteiger partial charge in [-0.2, -0.15) is 18.9 Å². The number of halogens is 3. The highest BCUT2D eigenvalue weighted by Gasteiger charge is 2.38. The van der Waals surface area contributed by atoms with E-state index in [9.17, 15) is 4.39 Å². The zero-order chi connectivity index (χ0) is 22.2. The van der Waals surface area contributed by atoms with Crippen LogP contribution in [0, 0.1) is 12.7 Å². The van der Waals surface area contributed by atoms with E-state index in [2.05, 4.69) is 25.5 Å². The second kappa shape index (κ2) is 8.03. The molecule has 0 aliphatic rings. The van der Waals surface area contributed by atoms with Crippen molar-refractivity contribution < 1.29 is 17.9 Å². The fourth-order valence-corrected chi connectivity index (χ4v) is 3.06. The first kappa shape index (κ1) is 20.9. The van der Waals surface area contributed by atoms with Gasteiger partial charge >= 0.3 is 5.92 Å². The molecule has 31 heavy (non-hydrogen) atoms. The molecule has 1 aromatic carbocycles. The first-order valence-corrected chi connectivity index (χ1v) is 9.67. The molecule has 0 radical (unpaired) electrons. The number of nitrogens with zero attached hydrogens (tertiary/aromatic N) is 4. The molecule has 0 unspecified atom stereocenters. The predicted molar refractivity (Wildman–Crippen MR) is 109 cm³/mol. The standard InChI is InChI=1S/C21H21F3N6O/c1-12(2)31-11-16-8-9-18-26-19(21(23,24)14-4-6-15(22)7-5-14)27-20(30(16)18)25-17-10-13(3)28-29-17/h4-10,12H,11H2,1-3H3,(H2,25,26,27,28,29). The van der Waals surface area contributed by atoms with Gasteiger partial charge in [-0.25, -0.2) is 9.37 Å². The minimum atomic E-state index is -3.54. The molecule has 0 spiro atoms. The lowest BCUT2D eigenvalue weighted by atomic mass is 10.1. The Labute approximate surface area is 176 Å². The van der Waals surface area contributed by atoms with Gasteiger partial charge in [-0.3, -0.25) is 9.50 Å². The molecule has 10 heteroatoms. The van der Waals surface area contributed by atoms with Crippen LogP contribution in [0.25, 0.3) is 5.65 Å². The number of ether oxygens (including phenoxy) is 1. The van der Waals surface area contributed by atoms with Crippen LogP contribution in [0.2, 0.25) is 0 Å². The largest absolute Gasteiger partial charge is 0.373 e. The van der Waals surface area contributed by atoms with Gasteiger partial charge in [0.1, 0.15) is 11.5 Å². The van der Waals surface area contributed by atoms with Crippen molar-refractivity contribution in [3.05, 3.63) is 71.1 Å². The Bertz CT molecular complexity index is 1200. The average Bonchev–Trinajstić information content (AvgIpc) is 3.32. The number of fused-ring (bicyclic) bond motifs is 1. The molecule has 3 aromatic heterocycles. The first-order valence-electron chi connectivity index (χ1n) is 9.67.